The SMILES string of the molecule is C=CCC1NC(C)CNC1C. The van der Waals surface area contributed by atoms with Gasteiger partial charge in [0, 0.05) is 24.7 Å². The Morgan fingerprint density at radius 2 is 2.27 bits per heavy atom. The summed E-state index contributed by atoms with van der Waals surface area (Å²) in [6.45, 7) is 9.24. The first-order chi connectivity index (χ1) is 5.24. The highest BCUT2D eigenvalue weighted by atomic mass is 15.1. The van der Waals surface area contributed by atoms with Crippen LogP contribution in [-0.2, 0) is 0 Å². The van der Waals surface area contributed by atoms with Gasteiger partial charge in [0.1, 0.15) is 0 Å². The summed E-state index contributed by atoms with van der Waals surface area (Å²) in [6.07, 6.45) is 3.03. The van der Waals surface area contributed by atoms with Gasteiger partial charge < -0.3 is 10.6 Å². The molecule has 0 amide bonds. The highest BCUT2D eigenvalue weighted by molar-refractivity contribution is 4.91. The summed E-state index contributed by atoms with van der Waals surface area (Å²) < 4.78 is 0. The zero-order valence-electron chi connectivity index (χ0n) is 7.43. The van der Waals surface area contributed by atoms with Crippen LogP contribution in [0.5, 0.6) is 0 Å². The summed E-state index contributed by atoms with van der Waals surface area (Å²) in [7, 11) is 0. The van der Waals surface area contributed by atoms with E-state index >= 15 is 0 Å². The quantitative estimate of drug-likeness (QED) is 0.577. The van der Waals surface area contributed by atoms with E-state index in [1.807, 2.05) is 6.08 Å². The Labute approximate surface area is 69.1 Å². The number of hydrogen-bond acceptors (Lipinski definition) is 2. The third-order valence-corrected chi connectivity index (χ3v) is 2.27. The third-order valence-electron chi connectivity index (χ3n) is 2.27. The van der Waals surface area contributed by atoms with Crippen molar-refractivity contribution in [3.05, 3.63) is 12.7 Å². The van der Waals surface area contributed by atoms with Crippen LogP contribution in [0.2, 0.25) is 0 Å². The Morgan fingerprint density at radius 1 is 1.55 bits per heavy atom. The molecule has 0 aromatic rings. The molecule has 2 heteroatoms. The van der Waals surface area contributed by atoms with Crippen LogP contribution in [0.3, 0.4) is 0 Å². The first-order valence-corrected chi connectivity index (χ1v) is 4.34. The second kappa shape index (κ2) is 3.88. The molecule has 0 aliphatic carbocycles. The maximum atomic E-state index is 3.75. The largest absolute Gasteiger partial charge is 0.311 e. The van der Waals surface area contributed by atoms with Crippen molar-refractivity contribution in [2.24, 2.45) is 0 Å². The average Bonchev–Trinajstić information content (AvgIpc) is 1.98. The first-order valence-electron chi connectivity index (χ1n) is 4.34. The fourth-order valence-electron chi connectivity index (χ4n) is 1.53. The maximum absolute atomic E-state index is 3.75. The van der Waals surface area contributed by atoms with E-state index in [0.29, 0.717) is 18.1 Å². The molecule has 3 unspecified atom stereocenters. The van der Waals surface area contributed by atoms with Gasteiger partial charge in [-0.1, -0.05) is 6.08 Å². The van der Waals surface area contributed by atoms with Gasteiger partial charge in [-0.15, -0.1) is 6.58 Å². The lowest BCUT2D eigenvalue weighted by Gasteiger charge is -2.34. The molecule has 0 aromatic heterocycles. The molecule has 0 saturated carbocycles. The molecule has 1 rings (SSSR count). The number of hydrogen-bond donors (Lipinski definition) is 2. The van der Waals surface area contributed by atoms with Crippen LogP contribution in [0.15, 0.2) is 12.7 Å². The summed E-state index contributed by atoms with van der Waals surface area (Å²) in [6, 6.07) is 1.73. The van der Waals surface area contributed by atoms with Crippen molar-refractivity contribution in [2.45, 2.75) is 38.4 Å². The van der Waals surface area contributed by atoms with Crippen LogP contribution in [0.4, 0.5) is 0 Å². The lowest BCUT2D eigenvalue weighted by Crippen LogP contribution is -2.58. The van der Waals surface area contributed by atoms with Crippen LogP contribution < -0.4 is 10.6 Å². The highest BCUT2D eigenvalue weighted by Crippen LogP contribution is 2.05. The Morgan fingerprint density at radius 3 is 2.91 bits per heavy atom. The van der Waals surface area contributed by atoms with Gasteiger partial charge in [0.15, 0.2) is 0 Å². The Kier molecular flexibility index (Phi) is 3.09. The summed E-state index contributed by atoms with van der Waals surface area (Å²) in [4.78, 5) is 0. The maximum Gasteiger partial charge on any atom is 0.0255 e. The minimum absolute atomic E-state index is 0.566. The van der Waals surface area contributed by atoms with Crippen molar-refractivity contribution >= 4 is 0 Å². The second-order valence-electron chi connectivity index (χ2n) is 3.40. The Hall–Kier alpha value is -0.340. The van der Waals surface area contributed by atoms with Gasteiger partial charge in [0.05, 0.1) is 0 Å². The molecule has 1 aliphatic heterocycles. The Bertz CT molecular complexity index is 134. The van der Waals surface area contributed by atoms with Crippen LogP contribution in [0.1, 0.15) is 20.3 Å². The van der Waals surface area contributed by atoms with E-state index in [2.05, 4.69) is 31.1 Å². The van der Waals surface area contributed by atoms with Crippen molar-refractivity contribution in [1.29, 1.82) is 0 Å². The van der Waals surface area contributed by atoms with Gasteiger partial charge in [-0.25, -0.2) is 0 Å². The highest BCUT2D eigenvalue weighted by Gasteiger charge is 2.22. The molecule has 1 aliphatic rings. The van der Waals surface area contributed by atoms with E-state index in [9.17, 15) is 0 Å². The van der Waals surface area contributed by atoms with E-state index in [4.69, 9.17) is 0 Å². The minimum Gasteiger partial charge on any atom is -0.311 e. The van der Waals surface area contributed by atoms with Gasteiger partial charge in [0.2, 0.25) is 0 Å². The standard InChI is InChI=1S/C9H18N2/c1-4-5-9-8(3)10-6-7(2)11-9/h4,7-11H,1,5-6H2,2-3H3. The Balaban J connectivity index is 2.40. The smallest absolute Gasteiger partial charge is 0.0255 e. The summed E-state index contributed by atoms with van der Waals surface area (Å²) in [5, 5.41) is 6.99. The predicted octanol–water partition coefficient (Wildman–Crippen LogP) is 0.901. The van der Waals surface area contributed by atoms with Gasteiger partial charge in [-0.2, -0.15) is 0 Å². The van der Waals surface area contributed by atoms with E-state index in [-0.39, 0.29) is 0 Å². The lowest BCUT2D eigenvalue weighted by molar-refractivity contribution is 0.291. The van der Waals surface area contributed by atoms with Crippen LogP contribution >= 0.6 is 0 Å². The van der Waals surface area contributed by atoms with E-state index < -0.39 is 0 Å². The zero-order valence-corrected chi connectivity index (χ0v) is 7.43. The molecule has 1 fully saturated rings. The van der Waals surface area contributed by atoms with Crippen molar-refractivity contribution < 1.29 is 0 Å². The minimum atomic E-state index is 0.566. The topological polar surface area (TPSA) is 24.1 Å². The first kappa shape index (κ1) is 8.75. The molecular formula is C9H18N2. The molecule has 0 bridgehead atoms. The molecule has 0 spiro atoms. The fourth-order valence-corrected chi connectivity index (χ4v) is 1.53. The molecule has 0 aromatic carbocycles. The van der Waals surface area contributed by atoms with Gasteiger partial charge >= 0.3 is 0 Å². The summed E-state index contributed by atoms with van der Waals surface area (Å²) in [5.41, 5.74) is 0. The van der Waals surface area contributed by atoms with Gasteiger partial charge in [0.25, 0.3) is 0 Å². The van der Waals surface area contributed by atoms with Crippen LogP contribution in [0.25, 0.3) is 0 Å². The van der Waals surface area contributed by atoms with Gasteiger partial charge in [-0.3, -0.25) is 0 Å². The van der Waals surface area contributed by atoms with E-state index in [0.717, 1.165) is 13.0 Å². The van der Waals surface area contributed by atoms with Crippen molar-refractivity contribution in [3.8, 4) is 0 Å². The monoisotopic (exact) mass is 154 g/mol. The zero-order chi connectivity index (χ0) is 8.27. The van der Waals surface area contributed by atoms with E-state index in [1.165, 1.54) is 0 Å². The van der Waals surface area contributed by atoms with E-state index in [1.54, 1.807) is 0 Å². The molecule has 0 radical (unpaired) electrons. The number of piperazine rings is 1. The molecular weight excluding hydrogens is 136 g/mol. The molecule has 1 saturated heterocycles. The lowest BCUT2D eigenvalue weighted by atomic mass is 10.0. The fraction of sp³-hybridized carbons (Fsp3) is 0.778. The number of nitrogens with one attached hydrogen (secondary N) is 2. The molecule has 11 heavy (non-hydrogen) atoms. The predicted molar refractivity (Wildman–Crippen MR) is 48.7 cm³/mol. The molecule has 2 N–H and O–H groups in total. The third kappa shape index (κ3) is 2.31. The molecule has 3 atom stereocenters. The molecule has 2 nitrogen and oxygen atoms in total. The number of rotatable bonds is 2. The normalized spacial score (nSPS) is 38.5. The van der Waals surface area contributed by atoms with Crippen molar-refractivity contribution in [1.82, 2.24) is 10.6 Å². The summed E-state index contributed by atoms with van der Waals surface area (Å²) in [5.74, 6) is 0. The molecule has 1 heterocycles. The van der Waals surface area contributed by atoms with Crippen LogP contribution in [-0.4, -0.2) is 24.7 Å². The van der Waals surface area contributed by atoms with Crippen LogP contribution in [0, 0.1) is 0 Å². The average molecular weight is 154 g/mol. The van der Waals surface area contributed by atoms with Crippen molar-refractivity contribution in [2.75, 3.05) is 6.54 Å². The second-order valence-corrected chi connectivity index (χ2v) is 3.40. The molecule has 64 valence electrons. The summed E-state index contributed by atoms with van der Waals surface area (Å²) >= 11 is 0. The van der Waals surface area contributed by atoms with Crippen molar-refractivity contribution in [3.63, 3.8) is 0 Å². The van der Waals surface area contributed by atoms with Gasteiger partial charge in [-0.05, 0) is 20.3 Å².